The van der Waals surface area contributed by atoms with Crippen LogP contribution in [0.1, 0.15) is 32.1 Å². The highest BCUT2D eigenvalue weighted by Gasteiger charge is 2.58. The molecule has 2 aliphatic carbocycles. The smallest absolute Gasteiger partial charge is 0.256 e. The molecule has 34 heavy (non-hydrogen) atoms. The summed E-state index contributed by atoms with van der Waals surface area (Å²) in [6, 6.07) is 8.01. The SMILES string of the molecule is O=C(C1CC1)N1CC[C@@H](CN2C(=O)C3(CC3)N=C2C2=CN(c3ccc4occc4c3)C=CN2)C1. The van der Waals surface area contributed by atoms with Gasteiger partial charge in [-0.3, -0.25) is 14.5 Å². The quantitative estimate of drug-likeness (QED) is 0.746. The Labute approximate surface area is 197 Å². The molecule has 4 heterocycles. The third-order valence-corrected chi connectivity index (χ3v) is 7.62. The number of nitrogens with zero attached hydrogens (tertiary/aromatic N) is 4. The first kappa shape index (κ1) is 19.9. The van der Waals surface area contributed by atoms with Crippen LogP contribution in [0.4, 0.5) is 5.69 Å². The minimum atomic E-state index is -0.568. The molecule has 2 aromatic rings. The van der Waals surface area contributed by atoms with E-state index >= 15 is 0 Å². The van der Waals surface area contributed by atoms with Crippen molar-refractivity contribution < 1.29 is 14.0 Å². The van der Waals surface area contributed by atoms with Gasteiger partial charge in [-0.1, -0.05) is 0 Å². The summed E-state index contributed by atoms with van der Waals surface area (Å²) in [6.07, 6.45) is 12.1. The number of carbonyl (C=O) groups is 2. The Morgan fingerprint density at radius 1 is 1.21 bits per heavy atom. The van der Waals surface area contributed by atoms with Crippen LogP contribution < -0.4 is 10.2 Å². The molecule has 0 radical (unpaired) electrons. The van der Waals surface area contributed by atoms with E-state index < -0.39 is 5.54 Å². The molecular weight excluding hydrogens is 430 g/mol. The number of carbonyl (C=O) groups excluding carboxylic acids is 2. The molecule has 1 atom stereocenters. The van der Waals surface area contributed by atoms with E-state index in [1.165, 1.54) is 0 Å². The number of fused-ring (bicyclic) bond motifs is 1. The van der Waals surface area contributed by atoms with Gasteiger partial charge in [0.2, 0.25) is 5.91 Å². The van der Waals surface area contributed by atoms with E-state index in [-0.39, 0.29) is 17.7 Å². The van der Waals surface area contributed by atoms with Crippen molar-refractivity contribution in [1.29, 1.82) is 0 Å². The van der Waals surface area contributed by atoms with Gasteiger partial charge in [0.1, 0.15) is 11.1 Å². The molecule has 1 aromatic carbocycles. The van der Waals surface area contributed by atoms with Gasteiger partial charge in [-0.25, -0.2) is 4.99 Å². The predicted molar refractivity (Wildman–Crippen MR) is 128 cm³/mol. The largest absolute Gasteiger partial charge is 0.464 e. The molecule has 1 N–H and O–H groups in total. The van der Waals surface area contributed by atoms with Crippen LogP contribution in [-0.4, -0.2) is 52.6 Å². The van der Waals surface area contributed by atoms with E-state index in [9.17, 15) is 9.59 Å². The summed E-state index contributed by atoms with van der Waals surface area (Å²) >= 11 is 0. The highest BCUT2D eigenvalue weighted by molar-refractivity contribution is 6.16. The minimum Gasteiger partial charge on any atom is -0.464 e. The first-order valence-electron chi connectivity index (χ1n) is 12.2. The lowest BCUT2D eigenvalue weighted by atomic mass is 10.1. The first-order valence-corrected chi connectivity index (χ1v) is 12.2. The average Bonchev–Trinajstić information content (AvgIpc) is 3.74. The Morgan fingerprint density at radius 2 is 2.09 bits per heavy atom. The van der Waals surface area contributed by atoms with E-state index in [0.717, 1.165) is 67.5 Å². The zero-order chi connectivity index (χ0) is 22.9. The van der Waals surface area contributed by atoms with Gasteiger partial charge < -0.3 is 19.5 Å². The number of benzene rings is 1. The van der Waals surface area contributed by atoms with Gasteiger partial charge in [0, 0.05) is 55.2 Å². The highest BCUT2D eigenvalue weighted by Crippen LogP contribution is 2.46. The Morgan fingerprint density at radius 3 is 2.91 bits per heavy atom. The first-order chi connectivity index (χ1) is 16.6. The molecule has 0 unspecified atom stereocenters. The number of hydrogen-bond donors (Lipinski definition) is 1. The number of anilines is 1. The van der Waals surface area contributed by atoms with Crippen LogP contribution in [0.2, 0.25) is 0 Å². The second-order valence-electron chi connectivity index (χ2n) is 10.1. The summed E-state index contributed by atoms with van der Waals surface area (Å²) in [4.78, 5) is 36.7. The third kappa shape index (κ3) is 3.23. The Bertz CT molecular complexity index is 1280. The molecule has 8 nitrogen and oxygen atoms in total. The van der Waals surface area contributed by atoms with Crippen molar-refractivity contribution >= 4 is 34.3 Å². The van der Waals surface area contributed by atoms with Gasteiger partial charge in [-0.15, -0.1) is 0 Å². The number of hydrogen-bond acceptors (Lipinski definition) is 6. The highest BCUT2D eigenvalue weighted by atomic mass is 16.3. The van der Waals surface area contributed by atoms with Crippen LogP contribution in [0, 0.1) is 11.8 Å². The summed E-state index contributed by atoms with van der Waals surface area (Å²) in [5.41, 5.74) is 2.11. The van der Waals surface area contributed by atoms with Gasteiger partial charge in [0.25, 0.3) is 5.91 Å². The average molecular weight is 458 g/mol. The van der Waals surface area contributed by atoms with E-state index in [2.05, 4.69) is 11.4 Å². The maximum absolute atomic E-state index is 13.4. The lowest BCUT2D eigenvalue weighted by Crippen LogP contribution is -2.43. The number of furan rings is 1. The van der Waals surface area contributed by atoms with Crippen molar-refractivity contribution in [2.45, 2.75) is 37.6 Å². The van der Waals surface area contributed by atoms with E-state index in [4.69, 9.17) is 9.41 Å². The zero-order valence-electron chi connectivity index (χ0n) is 18.9. The van der Waals surface area contributed by atoms with Crippen LogP contribution in [0.5, 0.6) is 0 Å². The van der Waals surface area contributed by atoms with E-state index in [0.29, 0.717) is 18.3 Å². The molecule has 2 saturated carbocycles. The molecule has 3 fully saturated rings. The third-order valence-electron chi connectivity index (χ3n) is 7.62. The monoisotopic (exact) mass is 457 g/mol. The van der Waals surface area contributed by atoms with Crippen LogP contribution in [-0.2, 0) is 9.59 Å². The van der Waals surface area contributed by atoms with E-state index in [1.807, 2.05) is 51.5 Å². The summed E-state index contributed by atoms with van der Waals surface area (Å²) in [5.74, 6) is 1.65. The molecule has 1 spiro atoms. The van der Waals surface area contributed by atoms with Gasteiger partial charge in [-0.2, -0.15) is 0 Å². The second-order valence-corrected chi connectivity index (χ2v) is 10.1. The summed E-state index contributed by atoms with van der Waals surface area (Å²) in [5, 5.41) is 4.35. The van der Waals surface area contributed by atoms with Crippen molar-refractivity contribution in [3.63, 3.8) is 0 Å². The molecule has 174 valence electrons. The number of nitrogens with one attached hydrogen (secondary N) is 1. The number of aliphatic imine (C=N–C) groups is 1. The second kappa shape index (κ2) is 7.22. The Balaban J connectivity index is 1.13. The standard InChI is InChI=1S/C26H27N5O3/c32-24(18-1-2-18)30-10-5-17(14-30)15-31-23(28-26(7-8-26)25(31)33)21-16-29(11-9-27-21)20-3-4-22-19(13-20)6-12-34-22/h3-4,6,9,11-13,16-18,27H,1-2,5,7-8,10,14-15H2/t17-/m1/s1. The maximum Gasteiger partial charge on any atom is 0.256 e. The van der Waals surface area contributed by atoms with Gasteiger partial charge in [0.05, 0.1) is 12.0 Å². The number of likely N-dealkylation sites (tertiary alicyclic amines) is 1. The number of amidine groups is 1. The van der Waals surface area contributed by atoms with Crippen molar-refractivity contribution in [2.24, 2.45) is 16.8 Å². The minimum absolute atomic E-state index is 0.109. The molecule has 0 bridgehead atoms. The zero-order valence-corrected chi connectivity index (χ0v) is 18.9. The fourth-order valence-electron chi connectivity index (χ4n) is 5.33. The van der Waals surface area contributed by atoms with E-state index in [1.54, 1.807) is 6.26 Å². The number of rotatable bonds is 5. The normalized spacial score (nSPS) is 25.2. The predicted octanol–water partition coefficient (Wildman–Crippen LogP) is 3.19. The molecule has 7 rings (SSSR count). The maximum atomic E-state index is 13.4. The van der Waals surface area contributed by atoms with Gasteiger partial charge in [0.15, 0.2) is 5.84 Å². The van der Waals surface area contributed by atoms with Crippen molar-refractivity contribution in [1.82, 2.24) is 15.1 Å². The summed E-state index contributed by atoms with van der Waals surface area (Å²) in [6.45, 7) is 2.15. The fraction of sp³-hybridized carbons (Fsp3) is 0.423. The van der Waals surface area contributed by atoms with Crippen molar-refractivity contribution in [2.75, 3.05) is 24.5 Å². The molecular formula is C26H27N5O3. The molecule has 1 aromatic heterocycles. The Hall–Kier alpha value is -3.55. The Kier molecular flexibility index (Phi) is 4.22. The van der Waals surface area contributed by atoms with Gasteiger partial charge >= 0.3 is 0 Å². The fourth-order valence-corrected chi connectivity index (χ4v) is 5.33. The van der Waals surface area contributed by atoms with Crippen LogP contribution in [0.15, 0.2) is 64.2 Å². The lowest BCUT2D eigenvalue weighted by Gasteiger charge is -2.27. The summed E-state index contributed by atoms with van der Waals surface area (Å²) < 4.78 is 5.47. The molecule has 2 amide bonds. The molecule has 1 saturated heterocycles. The molecule has 8 heteroatoms. The van der Waals surface area contributed by atoms with Crippen molar-refractivity contribution in [3.8, 4) is 0 Å². The van der Waals surface area contributed by atoms with Crippen LogP contribution in [0.25, 0.3) is 11.0 Å². The molecule has 3 aliphatic heterocycles. The lowest BCUT2D eigenvalue weighted by molar-refractivity contribution is -0.131. The summed E-state index contributed by atoms with van der Waals surface area (Å²) in [7, 11) is 0. The number of amides is 2. The molecule has 5 aliphatic rings. The van der Waals surface area contributed by atoms with Crippen molar-refractivity contribution in [3.05, 3.63) is 54.8 Å². The van der Waals surface area contributed by atoms with Crippen LogP contribution >= 0.6 is 0 Å². The topological polar surface area (TPSA) is 81.4 Å². The van der Waals surface area contributed by atoms with Gasteiger partial charge in [-0.05, 0) is 62.3 Å². The van der Waals surface area contributed by atoms with Crippen LogP contribution in [0.3, 0.4) is 0 Å².